The molecule has 1 saturated carbocycles. The van der Waals surface area contributed by atoms with Crippen LogP contribution in [0.5, 0.6) is 5.75 Å². The topological polar surface area (TPSA) is 58.6 Å². The third-order valence-corrected chi connectivity index (χ3v) is 3.75. The minimum Gasteiger partial charge on any atom is -0.496 e. The molecule has 1 aliphatic rings. The Hall–Kier alpha value is -1.55. The second kappa shape index (κ2) is 5.21. The number of aliphatic hydroxyl groups excluding tert-OH is 1. The number of methoxy groups -OCH3 is 1. The Morgan fingerprint density at radius 1 is 1.47 bits per heavy atom. The van der Waals surface area contributed by atoms with Gasteiger partial charge in [0.05, 0.1) is 19.1 Å². The molecular formula is C15H21NO3. The van der Waals surface area contributed by atoms with E-state index in [-0.39, 0.29) is 12.5 Å². The summed E-state index contributed by atoms with van der Waals surface area (Å²) in [7, 11) is 1.64. The molecule has 0 atom stereocenters. The maximum absolute atomic E-state index is 12.1. The van der Waals surface area contributed by atoms with Crippen molar-refractivity contribution in [3.05, 3.63) is 23.8 Å². The van der Waals surface area contributed by atoms with Crippen molar-refractivity contribution < 1.29 is 14.6 Å². The number of ether oxygens (including phenoxy) is 1. The van der Waals surface area contributed by atoms with Crippen molar-refractivity contribution in [3.63, 3.8) is 0 Å². The average molecular weight is 263 g/mol. The van der Waals surface area contributed by atoms with Gasteiger partial charge in [0.25, 0.3) is 0 Å². The highest BCUT2D eigenvalue weighted by Gasteiger charge is 2.49. The molecule has 0 aromatic heterocycles. The zero-order chi connectivity index (χ0) is 14.0. The SMILES string of the molecule is COc1ccc(NC(=O)C2(CO)CC2)cc1C(C)C. The monoisotopic (exact) mass is 263 g/mol. The van der Waals surface area contributed by atoms with E-state index in [1.165, 1.54) is 0 Å². The zero-order valence-corrected chi connectivity index (χ0v) is 11.7. The fourth-order valence-electron chi connectivity index (χ4n) is 2.13. The number of benzene rings is 1. The molecule has 0 spiro atoms. The summed E-state index contributed by atoms with van der Waals surface area (Å²) in [6.45, 7) is 4.09. The number of hydrogen-bond acceptors (Lipinski definition) is 3. The van der Waals surface area contributed by atoms with Crippen LogP contribution in [0.4, 0.5) is 5.69 Å². The summed E-state index contributed by atoms with van der Waals surface area (Å²) in [5.74, 6) is 1.06. The molecule has 2 rings (SSSR count). The van der Waals surface area contributed by atoms with Crippen molar-refractivity contribution in [1.29, 1.82) is 0 Å². The van der Waals surface area contributed by atoms with Crippen LogP contribution < -0.4 is 10.1 Å². The maximum atomic E-state index is 12.1. The summed E-state index contributed by atoms with van der Waals surface area (Å²) in [5, 5.41) is 12.1. The second-order valence-electron chi connectivity index (χ2n) is 5.50. The molecule has 104 valence electrons. The number of hydrogen-bond donors (Lipinski definition) is 2. The van der Waals surface area contributed by atoms with Crippen LogP contribution in [0.2, 0.25) is 0 Å². The van der Waals surface area contributed by atoms with Crippen molar-refractivity contribution in [2.75, 3.05) is 19.0 Å². The summed E-state index contributed by atoms with van der Waals surface area (Å²) in [4.78, 5) is 12.1. The molecule has 0 saturated heterocycles. The van der Waals surface area contributed by atoms with Crippen molar-refractivity contribution in [2.45, 2.75) is 32.6 Å². The largest absolute Gasteiger partial charge is 0.496 e. The number of carbonyl (C=O) groups is 1. The Morgan fingerprint density at radius 2 is 2.16 bits per heavy atom. The zero-order valence-electron chi connectivity index (χ0n) is 11.7. The number of nitrogens with one attached hydrogen (secondary N) is 1. The normalized spacial score (nSPS) is 16.3. The van der Waals surface area contributed by atoms with E-state index < -0.39 is 5.41 Å². The third-order valence-electron chi connectivity index (χ3n) is 3.75. The molecule has 0 heterocycles. The Bertz CT molecular complexity index is 478. The fraction of sp³-hybridized carbons (Fsp3) is 0.533. The van der Waals surface area contributed by atoms with Crippen molar-refractivity contribution >= 4 is 11.6 Å². The summed E-state index contributed by atoms with van der Waals surface area (Å²) in [5.41, 5.74) is 1.28. The van der Waals surface area contributed by atoms with Crippen LogP contribution in [-0.4, -0.2) is 24.7 Å². The van der Waals surface area contributed by atoms with Gasteiger partial charge in [-0.3, -0.25) is 4.79 Å². The van der Waals surface area contributed by atoms with E-state index in [0.717, 1.165) is 29.8 Å². The van der Waals surface area contributed by atoms with E-state index in [2.05, 4.69) is 19.2 Å². The summed E-state index contributed by atoms with van der Waals surface area (Å²) < 4.78 is 5.31. The lowest BCUT2D eigenvalue weighted by Crippen LogP contribution is -2.27. The van der Waals surface area contributed by atoms with E-state index in [9.17, 15) is 9.90 Å². The summed E-state index contributed by atoms with van der Waals surface area (Å²) >= 11 is 0. The Labute approximate surface area is 113 Å². The summed E-state index contributed by atoms with van der Waals surface area (Å²) in [6.07, 6.45) is 1.53. The van der Waals surface area contributed by atoms with Gasteiger partial charge in [-0.1, -0.05) is 13.8 Å². The minimum absolute atomic E-state index is 0.0774. The van der Waals surface area contributed by atoms with Gasteiger partial charge in [-0.25, -0.2) is 0 Å². The molecule has 0 bridgehead atoms. The van der Waals surface area contributed by atoms with Crippen LogP contribution in [0.3, 0.4) is 0 Å². The number of rotatable bonds is 5. The van der Waals surface area contributed by atoms with Crippen molar-refractivity contribution in [2.24, 2.45) is 5.41 Å². The lowest BCUT2D eigenvalue weighted by Gasteiger charge is -2.16. The number of amides is 1. The number of aliphatic hydroxyl groups is 1. The van der Waals surface area contributed by atoms with Crippen LogP contribution in [0.1, 0.15) is 38.2 Å². The first-order valence-corrected chi connectivity index (χ1v) is 6.62. The standard InChI is InChI=1S/C15H21NO3/c1-10(2)12-8-11(4-5-13(12)19-3)16-14(18)15(9-17)6-7-15/h4-5,8,10,17H,6-7,9H2,1-3H3,(H,16,18). The predicted octanol–water partition coefficient (Wildman–Crippen LogP) is 2.53. The van der Waals surface area contributed by atoms with Crippen LogP contribution in [0.25, 0.3) is 0 Å². The number of anilines is 1. The van der Waals surface area contributed by atoms with E-state index in [0.29, 0.717) is 5.92 Å². The quantitative estimate of drug-likeness (QED) is 0.858. The van der Waals surface area contributed by atoms with Gasteiger partial charge in [-0.15, -0.1) is 0 Å². The molecule has 1 amide bonds. The predicted molar refractivity (Wildman–Crippen MR) is 74.5 cm³/mol. The van der Waals surface area contributed by atoms with Gasteiger partial charge >= 0.3 is 0 Å². The minimum atomic E-state index is -0.544. The maximum Gasteiger partial charge on any atom is 0.232 e. The molecule has 1 aromatic carbocycles. The molecular weight excluding hydrogens is 242 g/mol. The Morgan fingerprint density at radius 3 is 2.63 bits per heavy atom. The Kier molecular flexibility index (Phi) is 3.80. The van der Waals surface area contributed by atoms with E-state index in [1.54, 1.807) is 7.11 Å². The Balaban J connectivity index is 2.17. The van der Waals surface area contributed by atoms with Gasteiger partial charge in [0.15, 0.2) is 0 Å². The van der Waals surface area contributed by atoms with Crippen molar-refractivity contribution in [1.82, 2.24) is 0 Å². The second-order valence-corrected chi connectivity index (χ2v) is 5.50. The third kappa shape index (κ3) is 2.73. The van der Waals surface area contributed by atoms with Crippen LogP contribution in [0, 0.1) is 5.41 Å². The molecule has 0 radical (unpaired) electrons. The molecule has 2 N–H and O–H groups in total. The van der Waals surface area contributed by atoms with Crippen LogP contribution >= 0.6 is 0 Å². The lowest BCUT2D eigenvalue weighted by molar-refractivity contribution is -0.122. The molecule has 19 heavy (non-hydrogen) atoms. The molecule has 0 unspecified atom stereocenters. The fourth-order valence-corrected chi connectivity index (χ4v) is 2.13. The average Bonchev–Trinajstić information content (AvgIpc) is 3.19. The number of carbonyl (C=O) groups excluding carboxylic acids is 1. The molecule has 1 aromatic rings. The molecule has 4 nitrogen and oxygen atoms in total. The first kappa shape index (κ1) is 13.9. The molecule has 0 aliphatic heterocycles. The highest BCUT2D eigenvalue weighted by atomic mass is 16.5. The van der Waals surface area contributed by atoms with Gasteiger partial charge in [-0.2, -0.15) is 0 Å². The van der Waals surface area contributed by atoms with Gasteiger partial charge in [-0.05, 0) is 42.5 Å². The van der Waals surface area contributed by atoms with Gasteiger partial charge in [0, 0.05) is 5.69 Å². The smallest absolute Gasteiger partial charge is 0.232 e. The van der Waals surface area contributed by atoms with Gasteiger partial charge in [0.1, 0.15) is 5.75 Å². The molecule has 4 heteroatoms. The van der Waals surface area contributed by atoms with Crippen LogP contribution in [0.15, 0.2) is 18.2 Å². The first-order valence-electron chi connectivity index (χ1n) is 6.62. The van der Waals surface area contributed by atoms with E-state index in [4.69, 9.17) is 4.74 Å². The first-order chi connectivity index (χ1) is 9.02. The summed E-state index contributed by atoms with van der Waals surface area (Å²) in [6, 6.07) is 5.63. The molecule has 1 fully saturated rings. The van der Waals surface area contributed by atoms with Gasteiger partial charge in [0.2, 0.25) is 5.91 Å². The molecule has 1 aliphatic carbocycles. The van der Waals surface area contributed by atoms with Gasteiger partial charge < -0.3 is 15.2 Å². The van der Waals surface area contributed by atoms with E-state index >= 15 is 0 Å². The highest BCUT2D eigenvalue weighted by molar-refractivity contribution is 5.97. The highest BCUT2D eigenvalue weighted by Crippen LogP contribution is 2.46. The van der Waals surface area contributed by atoms with E-state index in [1.807, 2.05) is 18.2 Å². The van der Waals surface area contributed by atoms with Crippen LogP contribution in [-0.2, 0) is 4.79 Å². The lowest BCUT2D eigenvalue weighted by atomic mass is 10.0. The van der Waals surface area contributed by atoms with Crippen molar-refractivity contribution in [3.8, 4) is 5.75 Å².